The van der Waals surface area contributed by atoms with E-state index in [1.807, 2.05) is 0 Å². The molecule has 2 heterocycles. The number of nitrogens with zero attached hydrogens (tertiary/aromatic N) is 2. The zero-order valence-electron chi connectivity index (χ0n) is 15.2. The van der Waals surface area contributed by atoms with E-state index in [0.717, 1.165) is 12.3 Å². The molecule has 0 aromatic carbocycles. The third-order valence-electron chi connectivity index (χ3n) is 4.19. The molecule has 1 saturated heterocycles. The van der Waals surface area contributed by atoms with Crippen LogP contribution in [0.2, 0.25) is 0 Å². The third-order valence-corrected chi connectivity index (χ3v) is 8.95. The maximum atomic E-state index is 15.5. The number of nitrogens with two attached hydrogens (primary N) is 1. The molecule has 0 amide bonds. The topological polar surface area (TPSA) is 241 Å². The molecular formula is C11H18ClFN3O12P3. The van der Waals surface area contributed by atoms with Gasteiger partial charge in [-0.3, -0.25) is 9.13 Å². The summed E-state index contributed by atoms with van der Waals surface area (Å²) in [4.78, 5) is 51.3. The molecule has 0 radical (unpaired) electrons. The fourth-order valence-corrected chi connectivity index (χ4v) is 6.87. The van der Waals surface area contributed by atoms with E-state index >= 15 is 4.39 Å². The number of aliphatic hydroxyl groups is 1. The van der Waals surface area contributed by atoms with Gasteiger partial charge in [0.15, 0.2) is 0 Å². The van der Waals surface area contributed by atoms with Crippen LogP contribution in [-0.4, -0.2) is 64.6 Å². The quantitative estimate of drug-likeness (QED) is 0.176. The van der Waals surface area contributed by atoms with Crippen LogP contribution in [0.1, 0.15) is 6.42 Å². The van der Waals surface area contributed by atoms with Crippen molar-refractivity contribution in [2.24, 2.45) is 0 Å². The van der Waals surface area contributed by atoms with E-state index in [9.17, 15) is 33.4 Å². The molecule has 178 valence electrons. The van der Waals surface area contributed by atoms with Crippen LogP contribution >= 0.6 is 34.8 Å². The largest absolute Gasteiger partial charge is 0.488 e. The van der Waals surface area contributed by atoms with E-state index in [-0.39, 0.29) is 5.82 Å². The summed E-state index contributed by atoms with van der Waals surface area (Å²) in [6, 6.07) is 1.08. The lowest BCUT2D eigenvalue weighted by Crippen LogP contribution is -2.53. The number of anilines is 1. The van der Waals surface area contributed by atoms with Crippen molar-refractivity contribution in [1.29, 1.82) is 0 Å². The number of ether oxygens (including phenoxy) is 1. The van der Waals surface area contributed by atoms with E-state index in [0.29, 0.717) is 4.57 Å². The summed E-state index contributed by atoms with van der Waals surface area (Å²) >= 11 is 5.77. The van der Waals surface area contributed by atoms with Crippen LogP contribution in [0.4, 0.5) is 10.2 Å². The summed E-state index contributed by atoms with van der Waals surface area (Å²) in [7, 11) is -16.3. The standard InChI is InChI=1S/C11H18ClFN3O12P3/c12-5-10(2-4-29(19,20)27-31(24,25)28-30(21,22)23)8(17)11(13,6-26-10)16-3-1-7(14)15-9(16)18/h1,3,8,17H,2,4-6H2,(H,19,20)(H,24,25)(H2,14,15,18)(H2,21,22,23). The summed E-state index contributed by atoms with van der Waals surface area (Å²) in [6.45, 7) is -0.928. The molecule has 2 rings (SSSR count). The Morgan fingerprint density at radius 1 is 1.32 bits per heavy atom. The van der Waals surface area contributed by atoms with Gasteiger partial charge in [-0.25, -0.2) is 22.6 Å². The number of hydrogen-bond acceptors (Lipinski definition) is 10. The predicted octanol–water partition coefficient (Wildman–Crippen LogP) is -0.382. The van der Waals surface area contributed by atoms with Crippen LogP contribution in [0.25, 0.3) is 0 Å². The average molecular weight is 532 g/mol. The second-order valence-corrected chi connectivity index (χ2v) is 11.7. The lowest BCUT2D eigenvalue weighted by atomic mass is 9.92. The van der Waals surface area contributed by atoms with Gasteiger partial charge >= 0.3 is 28.9 Å². The first-order valence-electron chi connectivity index (χ1n) is 8.01. The highest BCUT2D eigenvalue weighted by Crippen LogP contribution is 2.66. The molecule has 0 aliphatic carbocycles. The monoisotopic (exact) mass is 531 g/mol. The van der Waals surface area contributed by atoms with Crippen LogP contribution in [-0.2, 0) is 32.8 Å². The van der Waals surface area contributed by atoms with Gasteiger partial charge in [-0.1, -0.05) is 0 Å². The maximum absolute atomic E-state index is 15.5. The fraction of sp³-hybridized carbons (Fsp3) is 0.636. The average Bonchev–Trinajstić information content (AvgIpc) is 2.83. The summed E-state index contributed by atoms with van der Waals surface area (Å²) in [6.07, 6.45) is -3.11. The van der Waals surface area contributed by atoms with Gasteiger partial charge in [-0.2, -0.15) is 9.29 Å². The van der Waals surface area contributed by atoms with Crippen LogP contribution in [0.5, 0.6) is 0 Å². The SMILES string of the molecule is Nc1ccn(C2(F)COC(CCl)(CCP(=O)(O)OP(=O)(O)OP(=O)(O)O)C2O)c(=O)n1. The Morgan fingerprint density at radius 3 is 2.45 bits per heavy atom. The maximum Gasteiger partial charge on any atom is 0.488 e. The number of nitrogen functional groups attached to an aromatic ring is 1. The molecule has 1 aliphatic rings. The molecule has 20 heteroatoms. The summed E-state index contributed by atoms with van der Waals surface area (Å²) in [5.74, 6) is -3.78. The lowest BCUT2D eigenvalue weighted by molar-refractivity contribution is -0.0744. The smallest absolute Gasteiger partial charge is 0.385 e. The first-order valence-corrected chi connectivity index (χ1v) is 13.3. The van der Waals surface area contributed by atoms with Crippen molar-refractivity contribution in [2.75, 3.05) is 24.4 Å². The third kappa shape index (κ3) is 6.20. The van der Waals surface area contributed by atoms with Crippen LogP contribution in [0.15, 0.2) is 17.1 Å². The van der Waals surface area contributed by atoms with E-state index in [2.05, 4.69) is 13.6 Å². The van der Waals surface area contributed by atoms with E-state index in [1.165, 1.54) is 0 Å². The van der Waals surface area contributed by atoms with Crippen molar-refractivity contribution in [3.63, 3.8) is 0 Å². The van der Waals surface area contributed by atoms with Crippen LogP contribution < -0.4 is 11.4 Å². The van der Waals surface area contributed by atoms with Crippen molar-refractivity contribution >= 4 is 40.7 Å². The Labute approximate surface area is 177 Å². The van der Waals surface area contributed by atoms with Gasteiger partial charge < -0.3 is 35.2 Å². The van der Waals surface area contributed by atoms with E-state index < -0.39 is 71.5 Å². The summed E-state index contributed by atoms with van der Waals surface area (Å²) < 4.78 is 62.6. The van der Waals surface area contributed by atoms with Gasteiger partial charge in [0.1, 0.15) is 24.1 Å². The van der Waals surface area contributed by atoms with Crippen molar-refractivity contribution in [1.82, 2.24) is 9.55 Å². The van der Waals surface area contributed by atoms with Gasteiger partial charge in [0.2, 0.25) is 5.79 Å². The molecule has 15 nitrogen and oxygen atoms in total. The Morgan fingerprint density at radius 2 is 1.94 bits per heavy atom. The van der Waals surface area contributed by atoms with Crippen molar-refractivity contribution in [3.8, 4) is 0 Å². The lowest BCUT2D eigenvalue weighted by Gasteiger charge is -2.33. The summed E-state index contributed by atoms with van der Waals surface area (Å²) in [5, 5.41) is 10.5. The number of halogens is 2. The van der Waals surface area contributed by atoms with Gasteiger partial charge in [0.25, 0.3) is 0 Å². The number of alkyl halides is 2. The van der Waals surface area contributed by atoms with Crippen LogP contribution in [0, 0.1) is 0 Å². The minimum absolute atomic E-state index is 0.216. The number of aromatic nitrogens is 2. The number of phosphoric acid groups is 2. The van der Waals surface area contributed by atoms with Gasteiger partial charge in [0, 0.05) is 6.20 Å². The Bertz CT molecular complexity index is 1040. The predicted molar refractivity (Wildman–Crippen MR) is 101 cm³/mol. The molecule has 0 saturated carbocycles. The second-order valence-electron chi connectivity index (χ2n) is 6.45. The molecule has 1 aliphatic heterocycles. The minimum atomic E-state index is -5.68. The number of aliphatic hydroxyl groups excluding tert-OH is 1. The Balaban J connectivity index is 2.22. The zero-order chi connectivity index (χ0) is 23.9. The minimum Gasteiger partial charge on any atom is -0.385 e. The number of hydrogen-bond donors (Lipinski definition) is 6. The van der Waals surface area contributed by atoms with Crippen molar-refractivity contribution < 1.29 is 56.1 Å². The second kappa shape index (κ2) is 8.90. The molecule has 1 aromatic rings. The fourth-order valence-electron chi connectivity index (χ4n) is 2.78. The molecule has 31 heavy (non-hydrogen) atoms. The highest BCUT2D eigenvalue weighted by Gasteiger charge is 2.60. The van der Waals surface area contributed by atoms with Gasteiger partial charge in [-0.15, -0.1) is 11.6 Å². The van der Waals surface area contributed by atoms with Crippen molar-refractivity contribution in [2.45, 2.75) is 23.9 Å². The van der Waals surface area contributed by atoms with Crippen molar-refractivity contribution in [3.05, 3.63) is 22.7 Å². The molecule has 5 atom stereocenters. The first kappa shape index (κ1) is 26.5. The molecule has 5 unspecified atom stereocenters. The molecular weight excluding hydrogens is 514 g/mol. The Kier molecular flexibility index (Phi) is 7.61. The Hall–Kier alpha value is -0.730. The highest BCUT2D eigenvalue weighted by atomic mass is 35.5. The molecule has 1 fully saturated rings. The molecule has 7 N–H and O–H groups in total. The van der Waals surface area contributed by atoms with E-state index in [4.69, 9.17) is 31.9 Å². The molecule has 0 spiro atoms. The van der Waals surface area contributed by atoms with Crippen LogP contribution in [0.3, 0.4) is 0 Å². The first-order chi connectivity index (χ1) is 14.0. The highest BCUT2D eigenvalue weighted by molar-refractivity contribution is 7.68. The molecule has 0 bridgehead atoms. The molecule has 1 aromatic heterocycles. The summed E-state index contributed by atoms with van der Waals surface area (Å²) in [5.41, 5.74) is 2.10. The van der Waals surface area contributed by atoms with E-state index in [1.54, 1.807) is 0 Å². The zero-order valence-corrected chi connectivity index (χ0v) is 18.7. The van der Waals surface area contributed by atoms with Gasteiger partial charge in [-0.05, 0) is 12.5 Å². The number of rotatable bonds is 9. The normalized spacial score (nSPS) is 30.6. The van der Waals surface area contributed by atoms with Gasteiger partial charge in [0.05, 0.1) is 12.0 Å².